The van der Waals surface area contributed by atoms with Gasteiger partial charge in [0.25, 0.3) is 0 Å². The quantitative estimate of drug-likeness (QED) is 0.463. The summed E-state index contributed by atoms with van der Waals surface area (Å²) in [5, 5.41) is 0. The van der Waals surface area contributed by atoms with E-state index in [1.54, 1.807) is 0 Å². The summed E-state index contributed by atoms with van der Waals surface area (Å²) in [6.07, 6.45) is 0. The van der Waals surface area contributed by atoms with Crippen molar-refractivity contribution in [3.05, 3.63) is 0 Å². The van der Waals surface area contributed by atoms with Gasteiger partial charge in [-0.1, -0.05) is 0 Å². The van der Waals surface area contributed by atoms with Gasteiger partial charge in [0, 0.05) is 100 Å². The molecule has 0 amide bonds. The number of hydrogen-bond acceptors (Lipinski definition) is 1. The molecule has 0 aliphatic rings. The zero-order valence-electron chi connectivity index (χ0n) is 2.56. The molecule has 0 aliphatic heterocycles. The molecule has 0 aromatic carbocycles. The summed E-state index contributed by atoms with van der Waals surface area (Å²) in [7, 11) is 0. The van der Waals surface area contributed by atoms with Crippen molar-refractivity contribution in [3.63, 3.8) is 0 Å². The molecule has 0 unspecified atom stereocenters. The molecule has 0 rings (SSSR count). The van der Waals surface area contributed by atoms with Crippen LogP contribution in [0.3, 0.4) is 0 Å². The summed E-state index contributed by atoms with van der Waals surface area (Å²) in [4.78, 5) is 0. The van der Waals surface area contributed by atoms with E-state index in [1.807, 2.05) is 0 Å². The van der Waals surface area contributed by atoms with E-state index in [0.29, 0.717) is 0 Å². The Bertz CT molecular complexity index is 8.00. The van der Waals surface area contributed by atoms with Crippen LogP contribution in [0.5, 0.6) is 0 Å². The van der Waals surface area contributed by atoms with E-state index in [9.17, 15) is 0 Å². The van der Waals surface area contributed by atoms with Crippen LogP contribution in [-0.2, 0) is 2.81 Å². The van der Waals surface area contributed by atoms with E-state index < -0.39 is 0 Å². The minimum atomic E-state index is 0. The van der Waals surface area contributed by atoms with Gasteiger partial charge in [-0.3, -0.25) is 0 Å². The standard InChI is InChI=1S/Ba.Bi.K.O. The molecule has 0 atom stereocenters. The van der Waals surface area contributed by atoms with Crippen molar-refractivity contribution in [1.29, 1.82) is 0 Å². The van der Waals surface area contributed by atoms with Gasteiger partial charge in [0.05, 0.1) is 0 Å². The first kappa shape index (κ1) is 15.7. The molecule has 4 radical (unpaired) electrons. The molecule has 0 bridgehead atoms. The maximum absolute atomic E-state index is 8.36. The third kappa shape index (κ3) is 9.31. The fourth-order valence-corrected chi connectivity index (χ4v) is 0. The van der Waals surface area contributed by atoms with Gasteiger partial charge in [-0.2, -0.15) is 0 Å². The summed E-state index contributed by atoms with van der Waals surface area (Å²) >= 11 is 0.194. The Morgan fingerprint density at radius 1 is 1.25 bits per heavy atom. The maximum atomic E-state index is 8.36. The van der Waals surface area contributed by atoms with Crippen LogP contribution < -0.4 is 0 Å². The van der Waals surface area contributed by atoms with E-state index in [4.69, 9.17) is 2.81 Å². The molecule has 4 heavy (non-hydrogen) atoms. The molecular formula is BaBiKO. The fraction of sp³-hybridized carbons (Fsp3) is 0. The predicted molar refractivity (Wildman–Crippen MR) is 17.9 cm³/mol. The van der Waals surface area contributed by atoms with Gasteiger partial charge in [0.1, 0.15) is 0 Å². The number of hydrogen-bond donors (Lipinski definition) is 0. The Morgan fingerprint density at radius 2 is 1.25 bits per heavy atom. The Labute approximate surface area is 123 Å². The summed E-state index contributed by atoms with van der Waals surface area (Å²) in [5.74, 6) is 0. The molecule has 4 heteroatoms. The average Bonchev–Trinajstić information content (AvgIpc) is 1.00. The second-order valence-electron chi connectivity index (χ2n) is 0. The van der Waals surface area contributed by atoms with Crippen LogP contribution in [0, 0.1) is 0 Å². The van der Waals surface area contributed by atoms with Crippen LogP contribution in [0.15, 0.2) is 0 Å². The molecule has 0 saturated heterocycles. The van der Waals surface area contributed by atoms with Gasteiger partial charge in [-0.05, 0) is 0 Å². The van der Waals surface area contributed by atoms with Crippen LogP contribution >= 0.6 is 0 Å². The van der Waals surface area contributed by atoms with E-state index in [2.05, 4.69) is 0 Å². The fourth-order valence-electron chi connectivity index (χ4n) is 0. The molecule has 1 nitrogen and oxygen atoms in total. The summed E-state index contributed by atoms with van der Waals surface area (Å²) in [5.41, 5.74) is 0. The van der Waals surface area contributed by atoms with Crippen molar-refractivity contribution in [3.8, 4) is 0 Å². The second kappa shape index (κ2) is 15.8. The van der Waals surface area contributed by atoms with Gasteiger partial charge in [0.2, 0.25) is 0 Å². The first-order valence-corrected chi connectivity index (χ1v) is 1.60. The van der Waals surface area contributed by atoms with Crippen molar-refractivity contribution in [2.24, 2.45) is 0 Å². The van der Waals surface area contributed by atoms with Crippen LogP contribution in [0.2, 0.25) is 0 Å². The number of rotatable bonds is 0. The first-order chi connectivity index (χ1) is 1.00. The Kier molecular flexibility index (Phi) is 61.9. The summed E-state index contributed by atoms with van der Waals surface area (Å²) in [6.45, 7) is 0. The van der Waals surface area contributed by atoms with Gasteiger partial charge in [-0.15, -0.1) is 0 Å². The molecule has 0 N–H and O–H groups in total. The molecule has 0 aromatic rings. The Hall–Kier alpha value is 3.89. The zero-order chi connectivity index (χ0) is 2.00. The SMILES string of the molecule is [Ba].[K].[O]=[Bi]. The summed E-state index contributed by atoms with van der Waals surface area (Å²) in [6, 6.07) is 0. The third-order valence-corrected chi connectivity index (χ3v) is 0. The van der Waals surface area contributed by atoms with Crippen LogP contribution in [0.25, 0.3) is 0 Å². The van der Waals surface area contributed by atoms with Crippen molar-refractivity contribution in [2.45, 2.75) is 0 Å². The molecule has 0 heterocycles. The first-order valence-electron chi connectivity index (χ1n) is 0.183. The predicted octanol–water partition coefficient (Wildman–Crippen LogP) is -1.26. The molecule has 0 saturated carbocycles. The Balaban J connectivity index is -0.00000000500. The third-order valence-electron chi connectivity index (χ3n) is 0. The summed E-state index contributed by atoms with van der Waals surface area (Å²) < 4.78 is 8.36. The average molecular weight is 401 g/mol. The van der Waals surface area contributed by atoms with Gasteiger partial charge >= 0.3 is 27.5 Å². The van der Waals surface area contributed by atoms with Gasteiger partial charge in [-0.25, -0.2) is 0 Å². The van der Waals surface area contributed by atoms with Crippen molar-refractivity contribution < 1.29 is 2.81 Å². The molecule has 14 valence electrons. The van der Waals surface area contributed by atoms with Gasteiger partial charge < -0.3 is 0 Å². The normalized spacial score (nSPS) is 1.00. The van der Waals surface area contributed by atoms with E-state index in [0.717, 1.165) is 0 Å². The zero-order valence-corrected chi connectivity index (χ0v) is 13.6. The second-order valence-corrected chi connectivity index (χ2v) is 0. The van der Waals surface area contributed by atoms with Crippen molar-refractivity contribution in [1.82, 2.24) is 0 Å². The Morgan fingerprint density at radius 3 is 1.25 bits per heavy atom. The monoisotopic (exact) mass is 402 g/mol. The van der Waals surface area contributed by atoms with Crippen LogP contribution in [0.4, 0.5) is 0 Å². The van der Waals surface area contributed by atoms with E-state index in [-0.39, 0.29) is 125 Å². The van der Waals surface area contributed by atoms with Gasteiger partial charge in [0.15, 0.2) is 0 Å². The molecular weight excluding hydrogens is 401 g/mol. The van der Waals surface area contributed by atoms with Crippen molar-refractivity contribution in [2.75, 3.05) is 0 Å². The topological polar surface area (TPSA) is 17.1 Å². The molecule has 0 aliphatic carbocycles. The minimum absolute atomic E-state index is 0. The van der Waals surface area contributed by atoms with E-state index in [1.165, 1.54) is 0 Å². The van der Waals surface area contributed by atoms with Crippen LogP contribution in [-0.4, -0.2) is 125 Å². The molecule has 0 aromatic heterocycles. The molecule has 0 spiro atoms. The van der Waals surface area contributed by atoms with Crippen molar-refractivity contribution >= 4 is 125 Å². The van der Waals surface area contributed by atoms with Crippen LogP contribution in [0.1, 0.15) is 0 Å². The molecule has 0 fully saturated rings. The van der Waals surface area contributed by atoms with E-state index >= 15 is 0 Å².